The van der Waals surface area contributed by atoms with Gasteiger partial charge < -0.3 is 15.1 Å². The maximum atomic E-state index is 10.7. The monoisotopic (exact) mass is 381 g/mol. The summed E-state index contributed by atoms with van der Waals surface area (Å²) < 4.78 is 0. The van der Waals surface area contributed by atoms with Crippen molar-refractivity contribution in [3.05, 3.63) is 52.8 Å². The molecule has 2 N–H and O–H groups in total. The van der Waals surface area contributed by atoms with Crippen molar-refractivity contribution in [3.8, 4) is 5.75 Å². The van der Waals surface area contributed by atoms with Crippen LogP contribution in [0, 0.1) is 17.8 Å². The number of aryl methyl sites for hydroxylation is 1. The third kappa shape index (κ3) is 4.00. The van der Waals surface area contributed by atoms with E-state index in [1.165, 1.54) is 36.8 Å². The zero-order valence-electron chi connectivity index (χ0n) is 17.4. The summed E-state index contributed by atoms with van der Waals surface area (Å²) in [4.78, 5) is 2.20. The number of fused-ring (bicyclic) bond motifs is 3. The van der Waals surface area contributed by atoms with Gasteiger partial charge in [0.05, 0.1) is 0 Å². The molecule has 152 valence electrons. The van der Waals surface area contributed by atoms with Gasteiger partial charge in [-0.1, -0.05) is 25.0 Å². The number of hydrogen-bond acceptors (Lipinski definition) is 3. The zero-order chi connectivity index (χ0) is 19.7. The number of allylic oxidation sites excluding steroid dienone is 3. The van der Waals surface area contributed by atoms with Crippen molar-refractivity contribution >= 4 is 0 Å². The first-order chi connectivity index (χ1) is 13.5. The number of aromatic hydroxyl groups is 1. The van der Waals surface area contributed by atoms with Crippen molar-refractivity contribution in [1.29, 1.82) is 0 Å². The van der Waals surface area contributed by atoms with Gasteiger partial charge in [-0.25, -0.2) is 0 Å². The number of aliphatic hydroxyl groups excluding tert-OH is 1. The fourth-order valence-corrected chi connectivity index (χ4v) is 5.88. The molecule has 3 aliphatic rings. The van der Waals surface area contributed by atoms with Crippen LogP contribution in [-0.4, -0.2) is 35.8 Å². The van der Waals surface area contributed by atoms with E-state index in [0.717, 1.165) is 37.8 Å². The van der Waals surface area contributed by atoms with Gasteiger partial charge in [0, 0.05) is 0 Å². The number of phenolic OH excluding ortho intramolecular Hbond substituents is 1. The summed E-state index contributed by atoms with van der Waals surface area (Å²) in [7, 11) is 4.20. The van der Waals surface area contributed by atoms with Gasteiger partial charge in [-0.3, -0.25) is 0 Å². The van der Waals surface area contributed by atoms with Crippen LogP contribution in [0.3, 0.4) is 0 Å². The summed E-state index contributed by atoms with van der Waals surface area (Å²) in [6.07, 6.45) is 15.4. The smallest absolute Gasteiger partial charge is 0.119 e. The molecule has 4 atom stereocenters. The first-order valence-corrected chi connectivity index (χ1v) is 11.1. The standard InChI is InChI=1S/C25H35NO2/c1-26(2)13-5-6-18-14-19-15-23(17-9-11-20(27)12-10-17)21-7-3-4-8-22(21)24(19)16-25(18)28/h9,11-12,14,16-17,21-23,27-28H,3-8,10,13,15H2,1-2H3/t17?,21-,22+,23-/m0/s1. The van der Waals surface area contributed by atoms with Crippen LogP contribution in [-0.2, 0) is 12.8 Å². The van der Waals surface area contributed by atoms with E-state index in [2.05, 4.69) is 37.2 Å². The molecule has 28 heavy (non-hydrogen) atoms. The summed E-state index contributed by atoms with van der Waals surface area (Å²) in [6, 6.07) is 4.43. The Hall–Kier alpha value is -1.74. The van der Waals surface area contributed by atoms with Crippen molar-refractivity contribution in [1.82, 2.24) is 4.90 Å². The summed E-state index contributed by atoms with van der Waals surface area (Å²) >= 11 is 0. The average Bonchev–Trinajstić information content (AvgIpc) is 2.68. The molecule has 0 saturated heterocycles. The van der Waals surface area contributed by atoms with E-state index < -0.39 is 0 Å². The normalized spacial score (nSPS) is 29.3. The Morgan fingerprint density at radius 1 is 1.07 bits per heavy atom. The lowest BCUT2D eigenvalue weighted by atomic mass is 9.59. The molecular weight excluding hydrogens is 346 g/mol. The molecule has 0 aliphatic heterocycles. The Bertz CT molecular complexity index is 764. The Morgan fingerprint density at radius 3 is 2.64 bits per heavy atom. The number of aliphatic hydroxyl groups is 1. The fourth-order valence-electron chi connectivity index (χ4n) is 5.88. The lowest BCUT2D eigenvalue weighted by Gasteiger charge is -2.45. The third-order valence-electron chi connectivity index (χ3n) is 7.28. The number of phenols is 1. The van der Waals surface area contributed by atoms with Crippen molar-refractivity contribution in [2.75, 3.05) is 20.6 Å². The molecule has 0 heterocycles. The number of hydrogen-bond donors (Lipinski definition) is 2. The molecule has 3 nitrogen and oxygen atoms in total. The number of nitrogens with zero attached hydrogens (tertiary/aromatic N) is 1. The third-order valence-corrected chi connectivity index (χ3v) is 7.28. The largest absolute Gasteiger partial charge is 0.508 e. The van der Waals surface area contributed by atoms with E-state index in [-0.39, 0.29) is 0 Å². The molecule has 3 heteroatoms. The van der Waals surface area contributed by atoms with Gasteiger partial charge in [-0.15, -0.1) is 0 Å². The van der Waals surface area contributed by atoms with E-state index in [9.17, 15) is 10.2 Å². The molecule has 0 bridgehead atoms. The predicted octanol–water partition coefficient (Wildman–Crippen LogP) is 5.35. The van der Waals surface area contributed by atoms with Crippen LogP contribution in [0.25, 0.3) is 0 Å². The average molecular weight is 382 g/mol. The molecule has 1 aromatic carbocycles. The molecular formula is C25H35NO2. The number of rotatable bonds is 5. The molecule has 1 aromatic rings. The highest BCUT2D eigenvalue weighted by atomic mass is 16.3. The molecule has 1 unspecified atom stereocenters. The summed E-state index contributed by atoms with van der Waals surface area (Å²) in [6.45, 7) is 1.05. The summed E-state index contributed by atoms with van der Waals surface area (Å²) in [5.74, 6) is 3.41. The number of benzene rings is 1. The van der Waals surface area contributed by atoms with Crippen LogP contribution in [0.5, 0.6) is 5.75 Å². The molecule has 0 aromatic heterocycles. The lowest BCUT2D eigenvalue weighted by molar-refractivity contribution is 0.155. The quantitative estimate of drug-likeness (QED) is 0.722. The maximum absolute atomic E-state index is 10.7. The molecule has 4 rings (SSSR count). The molecule has 1 saturated carbocycles. The second kappa shape index (κ2) is 8.32. The van der Waals surface area contributed by atoms with Gasteiger partial charge in [0.15, 0.2) is 0 Å². The highest BCUT2D eigenvalue weighted by Crippen LogP contribution is 2.52. The van der Waals surface area contributed by atoms with Gasteiger partial charge in [0.2, 0.25) is 0 Å². The molecule has 3 aliphatic carbocycles. The summed E-state index contributed by atoms with van der Waals surface area (Å²) in [5, 5.41) is 20.5. The van der Waals surface area contributed by atoms with E-state index in [4.69, 9.17) is 0 Å². The minimum atomic E-state index is 0.417. The van der Waals surface area contributed by atoms with Crippen molar-refractivity contribution in [3.63, 3.8) is 0 Å². The van der Waals surface area contributed by atoms with Crippen LogP contribution < -0.4 is 0 Å². The highest BCUT2D eigenvalue weighted by Gasteiger charge is 2.41. The van der Waals surface area contributed by atoms with Crippen LogP contribution in [0.2, 0.25) is 0 Å². The zero-order valence-corrected chi connectivity index (χ0v) is 17.4. The Balaban J connectivity index is 1.61. The predicted molar refractivity (Wildman–Crippen MR) is 115 cm³/mol. The van der Waals surface area contributed by atoms with E-state index in [0.29, 0.717) is 35.2 Å². The van der Waals surface area contributed by atoms with Gasteiger partial charge >= 0.3 is 0 Å². The first-order valence-electron chi connectivity index (χ1n) is 11.1. The highest BCUT2D eigenvalue weighted by molar-refractivity contribution is 5.46. The van der Waals surface area contributed by atoms with Crippen LogP contribution in [0.1, 0.15) is 61.1 Å². The Morgan fingerprint density at radius 2 is 1.89 bits per heavy atom. The van der Waals surface area contributed by atoms with E-state index in [1.54, 1.807) is 0 Å². The topological polar surface area (TPSA) is 43.7 Å². The SMILES string of the molecule is CN(C)CCCc1cc2c(cc1O)[C@@H]1CCCC[C@@H]1[C@H](C1C=CC(O)=CC1)C2. The van der Waals surface area contributed by atoms with Gasteiger partial charge in [0.1, 0.15) is 11.5 Å². The van der Waals surface area contributed by atoms with Gasteiger partial charge in [-0.05, 0) is 118 Å². The van der Waals surface area contributed by atoms with Gasteiger partial charge in [0.25, 0.3) is 0 Å². The molecule has 0 amide bonds. The van der Waals surface area contributed by atoms with E-state index in [1.807, 2.05) is 12.2 Å². The molecule has 1 fully saturated rings. The minimum Gasteiger partial charge on any atom is -0.508 e. The maximum Gasteiger partial charge on any atom is 0.119 e. The van der Waals surface area contributed by atoms with Crippen molar-refractivity contribution in [2.24, 2.45) is 17.8 Å². The second-order valence-electron chi connectivity index (χ2n) is 9.40. The first kappa shape index (κ1) is 19.6. The van der Waals surface area contributed by atoms with Gasteiger partial charge in [-0.2, -0.15) is 0 Å². The van der Waals surface area contributed by atoms with Crippen molar-refractivity contribution in [2.45, 2.75) is 57.3 Å². The lowest BCUT2D eigenvalue weighted by Crippen LogP contribution is -2.36. The minimum absolute atomic E-state index is 0.417. The summed E-state index contributed by atoms with van der Waals surface area (Å²) in [5.41, 5.74) is 4.01. The van der Waals surface area contributed by atoms with Crippen LogP contribution in [0.15, 0.2) is 36.1 Å². The second-order valence-corrected chi connectivity index (χ2v) is 9.40. The van der Waals surface area contributed by atoms with Crippen molar-refractivity contribution < 1.29 is 10.2 Å². The fraction of sp³-hybridized carbons (Fsp3) is 0.600. The Labute approximate surface area is 169 Å². The van der Waals surface area contributed by atoms with Crippen LogP contribution >= 0.6 is 0 Å². The van der Waals surface area contributed by atoms with E-state index >= 15 is 0 Å². The molecule has 0 spiro atoms. The molecule has 0 radical (unpaired) electrons. The Kier molecular flexibility index (Phi) is 5.82. The van der Waals surface area contributed by atoms with Crippen LogP contribution in [0.4, 0.5) is 0 Å².